The average molecular weight is 407 g/mol. The third-order valence-electron chi connectivity index (χ3n) is 3.69. The van der Waals surface area contributed by atoms with Crippen LogP contribution in [0.1, 0.15) is 6.92 Å². The second-order valence-corrected chi connectivity index (χ2v) is 7.02. The number of benzene rings is 2. The fraction of sp³-hybridized carbons (Fsp3) is 0.158. The molecule has 1 unspecified atom stereocenters. The van der Waals surface area contributed by atoms with E-state index in [0.29, 0.717) is 16.5 Å². The number of aromatic nitrogens is 2. The van der Waals surface area contributed by atoms with Gasteiger partial charge in [0.2, 0.25) is 5.91 Å². The number of rotatable bonds is 7. The molecule has 3 aromatic rings. The van der Waals surface area contributed by atoms with Gasteiger partial charge in [0.05, 0.1) is 10.9 Å². The Bertz CT molecular complexity index is 948. The summed E-state index contributed by atoms with van der Waals surface area (Å²) in [5.41, 5.74) is 1.05. The van der Waals surface area contributed by atoms with E-state index in [9.17, 15) is 18.0 Å². The number of amides is 1. The monoisotopic (exact) mass is 407 g/mol. The molecule has 0 radical (unpaired) electrons. The number of hydrogen-bond acceptors (Lipinski definition) is 4. The third-order valence-corrected chi connectivity index (χ3v) is 4.77. The zero-order chi connectivity index (χ0) is 20.1. The summed E-state index contributed by atoms with van der Waals surface area (Å²) in [7, 11) is 0. The maximum atomic E-state index is 13.5. The van der Waals surface area contributed by atoms with Crippen LogP contribution in [0, 0.1) is 5.82 Å². The summed E-state index contributed by atoms with van der Waals surface area (Å²) in [5, 5.41) is 2.73. The summed E-state index contributed by atoms with van der Waals surface area (Å²) in [5.74, 6) is -0.652. The van der Waals surface area contributed by atoms with E-state index < -0.39 is 11.9 Å². The van der Waals surface area contributed by atoms with Crippen molar-refractivity contribution in [3.05, 3.63) is 66.7 Å². The molecule has 146 valence electrons. The molecular formula is C19H16F3N3O2S. The Morgan fingerprint density at radius 3 is 2.64 bits per heavy atom. The van der Waals surface area contributed by atoms with Gasteiger partial charge in [0.1, 0.15) is 11.6 Å². The van der Waals surface area contributed by atoms with Gasteiger partial charge in [-0.15, -0.1) is 0 Å². The number of ether oxygens (including phenoxy) is 1. The van der Waals surface area contributed by atoms with E-state index in [1.54, 1.807) is 36.0 Å². The molecule has 0 aliphatic rings. The summed E-state index contributed by atoms with van der Waals surface area (Å²) < 4.78 is 43.8. The molecule has 1 atom stereocenters. The van der Waals surface area contributed by atoms with Gasteiger partial charge in [-0.05, 0) is 49.4 Å². The van der Waals surface area contributed by atoms with Crippen molar-refractivity contribution in [2.45, 2.75) is 23.9 Å². The summed E-state index contributed by atoms with van der Waals surface area (Å²) in [6.45, 7) is -1.20. The maximum absolute atomic E-state index is 13.5. The number of carbonyl (C=O) groups excluding carboxylic acids is 1. The van der Waals surface area contributed by atoms with Crippen LogP contribution in [0.4, 0.5) is 18.9 Å². The normalized spacial score (nSPS) is 12.0. The van der Waals surface area contributed by atoms with Gasteiger partial charge in [-0.1, -0.05) is 17.8 Å². The molecule has 3 rings (SSSR count). The molecule has 0 fully saturated rings. The van der Waals surface area contributed by atoms with Crippen molar-refractivity contribution in [3.8, 4) is 11.4 Å². The van der Waals surface area contributed by atoms with Crippen molar-refractivity contribution in [2.75, 3.05) is 5.32 Å². The van der Waals surface area contributed by atoms with Crippen LogP contribution >= 0.6 is 11.8 Å². The molecule has 0 aliphatic heterocycles. The number of imidazole rings is 1. The van der Waals surface area contributed by atoms with Crippen LogP contribution in [0.3, 0.4) is 0 Å². The lowest BCUT2D eigenvalue weighted by Gasteiger charge is -2.13. The molecule has 0 aliphatic carbocycles. The van der Waals surface area contributed by atoms with Gasteiger partial charge in [-0.3, -0.25) is 9.36 Å². The smallest absolute Gasteiger partial charge is 0.387 e. The molecule has 0 spiro atoms. The molecule has 9 heteroatoms. The van der Waals surface area contributed by atoms with E-state index in [-0.39, 0.29) is 17.5 Å². The first kappa shape index (κ1) is 19.8. The van der Waals surface area contributed by atoms with Gasteiger partial charge in [0.25, 0.3) is 0 Å². The first-order chi connectivity index (χ1) is 13.4. The van der Waals surface area contributed by atoms with Gasteiger partial charge >= 0.3 is 6.61 Å². The fourth-order valence-electron chi connectivity index (χ4n) is 2.37. The van der Waals surface area contributed by atoms with Crippen LogP contribution < -0.4 is 10.1 Å². The largest absolute Gasteiger partial charge is 0.435 e. The molecule has 1 N–H and O–H groups in total. The van der Waals surface area contributed by atoms with Crippen molar-refractivity contribution in [2.24, 2.45) is 0 Å². The second-order valence-electron chi connectivity index (χ2n) is 5.71. The first-order valence-electron chi connectivity index (χ1n) is 8.24. The van der Waals surface area contributed by atoms with E-state index in [2.05, 4.69) is 15.0 Å². The maximum Gasteiger partial charge on any atom is 0.387 e. The predicted octanol–water partition coefficient (Wildman–Crippen LogP) is 4.73. The average Bonchev–Trinajstić information content (AvgIpc) is 3.11. The number of carbonyl (C=O) groups is 1. The van der Waals surface area contributed by atoms with E-state index >= 15 is 0 Å². The van der Waals surface area contributed by atoms with E-state index in [1.165, 1.54) is 48.2 Å². The van der Waals surface area contributed by atoms with E-state index in [4.69, 9.17) is 0 Å². The number of nitrogens with zero attached hydrogens (tertiary/aromatic N) is 2. The SMILES string of the molecule is CC(Sc1nccn1-c1cccc(F)c1)C(=O)Nc1ccc(OC(F)F)cc1. The number of thioether (sulfide) groups is 1. The molecular weight excluding hydrogens is 391 g/mol. The molecule has 1 heterocycles. The van der Waals surface area contributed by atoms with Gasteiger partial charge in [-0.2, -0.15) is 8.78 Å². The molecule has 1 amide bonds. The minimum Gasteiger partial charge on any atom is -0.435 e. The summed E-state index contributed by atoms with van der Waals surface area (Å²) in [6.07, 6.45) is 3.25. The second kappa shape index (κ2) is 8.83. The minimum atomic E-state index is -2.90. The molecule has 1 aromatic heterocycles. The van der Waals surface area contributed by atoms with Crippen LogP contribution in [0.2, 0.25) is 0 Å². The fourth-order valence-corrected chi connectivity index (χ4v) is 3.26. The Morgan fingerprint density at radius 1 is 1.21 bits per heavy atom. The summed E-state index contributed by atoms with van der Waals surface area (Å²) in [4.78, 5) is 16.6. The van der Waals surface area contributed by atoms with Crippen LogP contribution in [-0.2, 0) is 4.79 Å². The molecule has 0 bridgehead atoms. The van der Waals surface area contributed by atoms with Gasteiger partial charge < -0.3 is 10.1 Å². The topological polar surface area (TPSA) is 56.2 Å². The first-order valence-corrected chi connectivity index (χ1v) is 9.12. The van der Waals surface area contributed by atoms with E-state index in [1.807, 2.05) is 0 Å². The number of nitrogens with one attached hydrogen (secondary N) is 1. The lowest BCUT2D eigenvalue weighted by Crippen LogP contribution is -2.22. The molecule has 0 saturated heterocycles. The van der Waals surface area contributed by atoms with Crippen LogP contribution in [0.25, 0.3) is 5.69 Å². The highest BCUT2D eigenvalue weighted by Gasteiger charge is 2.18. The summed E-state index contributed by atoms with van der Waals surface area (Å²) >= 11 is 1.21. The van der Waals surface area contributed by atoms with Crippen LogP contribution in [0.5, 0.6) is 5.75 Å². The number of hydrogen-bond donors (Lipinski definition) is 1. The highest BCUT2D eigenvalue weighted by molar-refractivity contribution is 8.00. The minimum absolute atomic E-state index is 0.00698. The standard InChI is InChI=1S/C19H16F3N3O2S/c1-12(17(26)24-14-5-7-16(8-6-14)27-18(21)22)28-19-23-9-10-25(19)15-4-2-3-13(20)11-15/h2-12,18H,1H3,(H,24,26). The molecule has 5 nitrogen and oxygen atoms in total. The molecule has 2 aromatic carbocycles. The van der Waals surface area contributed by atoms with Crippen molar-refractivity contribution in [3.63, 3.8) is 0 Å². The molecule has 28 heavy (non-hydrogen) atoms. The third kappa shape index (κ3) is 5.07. The van der Waals surface area contributed by atoms with E-state index in [0.717, 1.165) is 0 Å². The van der Waals surface area contributed by atoms with Crippen molar-refractivity contribution in [1.29, 1.82) is 0 Å². The van der Waals surface area contributed by atoms with Gasteiger partial charge in [0, 0.05) is 18.1 Å². The van der Waals surface area contributed by atoms with Gasteiger partial charge in [-0.25, -0.2) is 9.37 Å². The van der Waals surface area contributed by atoms with Crippen molar-refractivity contribution < 1.29 is 22.7 Å². The summed E-state index contributed by atoms with van der Waals surface area (Å²) in [6, 6.07) is 11.7. The Morgan fingerprint density at radius 2 is 1.96 bits per heavy atom. The Balaban J connectivity index is 1.64. The van der Waals surface area contributed by atoms with Crippen LogP contribution in [0.15, 0.2) is 66.1 Å². The Labute approximate surface area is 163 Å². The number of halogens is 3. The quantitative estimate of drug-likeness (QED) is 0.575. The number of anilines is 1. The Hall–Kier alpha value is -2.94. The molecule has 0 saturated carbocycles. The van der Waals surface area contributed by atoms with Gasteiger partial charge in [0.15, 0.2) is 5.16 Å². The van der Waals surface area contributed by atoms with Crippen molar-refractivity contribution in [1.82, 2.24) is 9.55 Å². The van der Waals surface area contributed by atoms with Crippen LogP contribution in [-0.4, -0.2) is 27.3 Å². The zero-order valence-corrected chi connectivity index (χ0v) is 15.5. The predicted molar refractivity (Wildman–Crippen MR) is 101 cm³/mol. The zero-order valence-electron chi connectivity index (χ0n) is 14.7. The van der Waals surface area contributed by atoms with Crippen molar-refractivity contribution >= 4 is 23.4 Å². The number of alkyl halides is 2. The lowest BCUT2D eigenvalue weighted by molar-refractivity contribution is -0.115. The highest BCUT2D eigenvalue weighted by Crippen LogP contribution is 2.26. The highest BCUT2D eigenvalue weighted by atomic mass is 32.2. The Kier molecular flexibility index (Phi) is 6.25. The lowest BCUT2D eigenvalue weighted by atomic mass is 10.3.